The van der Waals surface area contributed by atoms with E-state index in [-0.39, 0.29) is 22.3 Å². The van der Waals surface area contributed by atoms with Crippen molar-refractivity contribution in [3.8, 4) is 0 Å². The number of hydrogen-bond donors (Lipinski definition) is 15. The smallest absolute Gasteiger partial charge is 0.416 e. The third kappa shape index (κ3) is 33.2. The molecule has 1 aliphatic rings. The van der Waals surface area contributed by atoms with Gasteiger partial charge in [-0.15, -0.1) is 0 Å². The fourth-order valence-corrected chi connectivity index (χ4v) is 11.9. The van der Waals surface area contributed by atoms with Gasteiger partial charge in [0.2, 0.25) is 10.0 Å². The lowest BCUT2D eigenvalue weighted by Gasteiger charge is -2.13. The highest BCUT2D eigenvalue weighted by Crippen LogP contribution is 2.33. The summed E-state index contributed by atoms with van der Waals surface area (Å²) in [7, 11) is -3.80. The van der Waals surface area contributed by atoms with Crippen molar-refractivity contribution in [3.05, 3.63) is 267 Å². The fraction of sp³-hybridized carbons (Fsp3) is 0.0845. The molecule has 0 heterocycles. The van der Waals surface area contributed by atoms with Crippen LogP contribution in [0.2, 0.25) is 5.02 Å². The maximum absolute atomic E-state index is 12.8. The van der Waals surface area contributed by atoms with Gasteiger partial charge >= 0.3 is 42.5 Å². The summed E-state index contributed by atoms with van der Waals surface area (Å²) in [5.74, 6) is 0. The standard InChI is InChI=1S/C16H17N3O3S.C15H14F3N3O3S.C14H12F3N3O3S.C13H12ClN3O3S.C13H12IN3O3S/c20-16(17-13-6-8-14(9-7-13)19-23(21)22)18-15-5-4-11-2-1-3-12(11)10-15;1-9-6-10(15(16,17)18)8-13(7-9)20-14(22)19-11-2-4-12(5-3-11)21-25(23)24;15-14(16,17)9-1-3-10(4-2-9)18-13(21)19-11-5-7-12(8-6-11)20-24(22)23;14-9-1-3-10(4-2-9)15-13(18)16-11-5-7-12(8-6-11)17-21(19)20;14-9-4-6-10(7-5-9)16-13(18)17-11-2-1-3-12(8-11)21(15,19)20/h4-10,19H,1-3H2,(H,21,22)(H2,17,18,20);2-8,21H,1H3,(H,23,24)(H2,19,20,22);1-8,20H,(H,22,23)(H2,18,19,21);1-8,17H,(H,19,20)(H2,15,16,18);1-8H,(H2,15,19,20)(H2,16,17,18)/p-4. The number of nitrogens with two attached hydrogens (primary N) is 1. The number of benzene rings is 10. The van der Waals surface area contributed by atoms with E-state index in [0.717, 1.165) is 58.5 Å². The van der Waals surface area contributed by atoms with E-state index < -0.39 is 103 Å². The Labute approximate surface area is 675 Å². The van der Waals surface area contributed by atoms with Crippen molar-refractivity contribution in [1.82, 2.24) is 0 Å². The molecule has 43 heteroatoms. The number of hydrogen-bond acceptors (Lipinski definition) is 15. The molecule has 10 amide bonds. The largest absolute Gasteiger partial charge is 0.755 e. The van der Waals surface area contributed by atoms with Crippen molar-refractivity contribution < 1.29 is 93.8 Å². The SMILES string of the molecule is Cc1cc(NC(=O)Nc2ccc(NS(=O)[O-])cc2)cc(C(F)(F)F)c1.NS(=O)(=O)c1cccc(NC(=O)Nc2ccc(I)cc2)c1.O=C(Nc1ccc(Cl)cc1)Nc1ccc(NS(=O)[O-])cc1.O=C(Nc1ccc(NS(=O)[O-])cc1)Nc1ccc(C(F)(F)F)cc1.O=C(Nc1ccc(NS(=O)[O-])cc1)Nc1ccc2c(c1)CCC2. The van der Waals surface area contributed by atoms with Gasteiger partial charge in [-0.1, -0.05) is 23.7 Å². The molecule has 4 atom stereocenters. The summed E-state index contributed by atoms with van der Waals surface area (Å²) in [6, 6.07) is 54.4. The Morgan fingerprint density at radius 2 is 0.658 bits per heavy atom. The highest BCUT2D eigenvalue weighted by Gasteiger charge is 2.32. The summed E-state index contributed by atoms with van der Waals surface area (Å²) in [6.07, 6.45) is -5.62. The van der Waals surface area contributed by atoms with E-state index in [0.29, 0.717) is 73.1 Å². The number of carbonyl (C=O) groups is 5. The highest BCUT2D eigenvalue weighted by atomic mass is 127. The van der Waals surface area contributed by atoms with Crippen molar-refractivity contribution in [3.63, 3.8) is 0 Å². The summed E-state index contributed by atoms with van der Waals surface area (Å²) in [5, 5.41) is 31.2. The number of aryl methyl sites for hydroxylation is 3. The predicted molar refractivity (Wildman–Crippen MR) is 434 cm³/mol. The number of rotatable bonds is 19. The zero-order chi connectivity index (χ0) is 83.3. The van der Waals surface area contributed by atoms with Crippen LogP contribution in [0.15, 0.2) is 235 Å². The topological polar surface area (TPSA) is 474 Å². The van der Waals surface area contributed by atoms with Crippen LogP contribution < -0.4 is 77.2 Å². The maximum Gasteiger partial charge on any atom is 0.416 e. The van der Waals surface area contributed by atoms with Gasteiger partial charge in [-0.25, -0.2) is 37.5 Å². The minimum absolute atomic E-state index is 0.00450. The molecule has 0 saturated carbocycles. The quantitative estimate of drug-likeness (QED) is 0.0203. The first kappa shape index (κ1) is 89.9. The molecule has 0 aliphatic heterocycles. The Hall–Kier alpha value is -11.3. The average molecular weight is 1800 g/mol. The third-order valence-electron chi connectivity index (χ3n) is 14.5. The number of nitrogens with one attached hydrogen (secondary N) is 14. The molecule has 30 nitrogen and oxygen atoms in total. The van der Waals surface area contributed by atoms with E-state index >= 15 is 0 Å². The average Bonchev–Trinajstić information content (AvgIpc) is 0.916. The molecule has 4 unspecified atom stereocenters. The number of halogens is 8. The minimum atomic E-state index is -4.51. The van der Waals surface area contributed by atoms with E-state index in [9.17, 15) is 93.8 Å². The van der Waals surface area contributed by atoms with Crippen LogP contribution >= 0.6 is 34.2 Å². The van der Waals surface area contributed by atoms with Gasteiger partial charge in [-0.3, -0.25) is 16.8 Å². The number of anilines is 14. The Bertz CT molecular complexity index is 5190. The molecule has 10 aromatic carbocycles. The second-order valence-electron chi connectivity index (χ2n) is 23.1. The molecule has 602 valence electrons. The first-order valence-electron chi connectivity index (χ1n) is 32.2. The van der Waals surface area contributed by atoms with Crippen molar-refractivity contribution >= 4 is 199 Å². The number of alkyl halides is 6. The van der Waals surface area contributed by atoms with Crippen LogP contribution in [0, 0.1) is 10.5 Å². The van der Waals surface area contributed by atoms with E-state index in [1.54, 1.807) is 78.9 Å². The summed E-state index contributed by atoms with van der Waals surface area (Å²) in [5.41, 5.74) is 7.16. The number of primary sulfonamides is 1. The maximum atomic E-state index is 12.8. The number of urea groups is 5. The molecule has 0 spiro atoms. The van der Waals surface area contributed by atoms with Gasteiger partial charge < -0.3 is 90.3 Å². The van der Waals surface area contributed by atoms with Crippen LogP contribution in [-0.2, 0) is 80.3 Å². The highest BCUT2D eigenvalue weighted by molar-refractivity contribution is 14.1. The summed E-state index contributed by atoms with van der Waals surface area (Å²) in [4.78, 5) is 59.2. The monoisotopic (exact) mass is 1800 g/mol. The normalized spacial score (nSPS) is 12.3. The number of fused-ring (bicyclic) bond motifs is 1. The van der Waals surface area contributed by atoms with Gasteiger partial charge in [0.1, 0.15) is 0 Å². The zero-order valence-electron chi connectivity index (χ0n) is 58.3. The van der Waals surface area contributed by atoms with Crippen molar-refractivity contribution in [2.45, 2.75) is 43.4 Å². The van der Waals surface area contributed by atoms with Crippen LogP contribution in [-0.4, -0.2) is 73.6 Å². The predicted octanol–water partition coefficient (Wildman–Crippen LogP) is 16.2. The summed E-state index contributed by atoms with van der Waals surface area (Å²) < 4.78 is 192. The molecule has 0 fully saturated rings. The number of carbonyl (C=O) groups excluding carboxylic acids is 5. The lowest BCUT2D eigenvalue weighted by Crippen LogP contribution is -2.20. The van der Waals surface area contributed by atoms with Crippen LogP contribution in [0.4, 0.5) is 130 Å². The minimum Gasteiger partial charge on any atom is -0.755 e. The fourth-order valence-electron chi connectivity index (χ4n) is 9.57. The Balaban J connectivity index is 0.000000198. The lowest BCUT2D eigenvalue weighted by atomic mass is 10.1. The number of sulfonamides is 1. The van der Waals surface area contributed by atoms with E-state index in [2.05, 4.69) is 101 Å². The zero-order valence-corrected chi connectivity index (χ0v) is 65.3. The molecule has 0 aromatic heterocycles. The molecular weight excluding hydrogens is 1740 g/mol. The lowest BCUT2D eigenvalue weighted by molar-refractivity contribution is -0.138. The molecule has 16 N–H and O–H groups in total. The van der Waals surface area contributed by atoms with Crippen molar-refractivity contribution in [1.29, 1.82) is 0 Å². The van der Waals surface area contributed by atoms with Gasteiger partial charge in [-0.05, 0) is 284 Å². The van der Waals surface area contributed by atoms with Crippen LogP contribution in [0.3, 0.4) is 0 Å². The molecular formula is C71H63ClF6IN15O15S5-4. The molecule has 10 aromatic rings. The summed E-state index contributed by atoms with van der Waals surface area (Å²) in [6.45, 7) is 1.49. The third-order valence-corrected chi connectivity index (χ3v) is 18.0. The summed E-state index contributed by atoms with van der Waals surface area (Å²) >= 11 is -1.73. The Kier molecular flexibility index (Phi) is 34.0. The van der Waals surface area contributed by atoms with Crippen molar-refractivity contribution in [2.24, 2.45) is 5.14 Å². The second-order valence-corrected chi connectivity index (χ2v) is 29.1. The molecule has 11 rings (SSSR count). The van der Waals surface area contributed by atoms with Crippen LogP contribution in [0.5, 0.6) is 0 Å². The molecule has 1 aliphatic carbocycles. The van der Waals surface area contributed by atoms with E-state index in [4.69, 9.17) is 16.7 Å². The van der Waals surface area contributed by atoms with Gasteiger partial charge in [0, 0.05) is 133 Å². The first-order valence-corrected chi connectivity index (χ1v) is 39.5. The van der Waals surface area contributed by atoms with Gasteiger partial charge in [0.05, 0.1) is 16.0 Å². The van der Waals surface area contributed by atoms with Crippen LogP contribution in [0.25, 0.3) is 0 Å². The van der Waals surface area contributed by atoms with E-state index in [1.807, 2.05) is 24.3 Å². The van der Waals surface area contributed by atoms with Gasteiger partial charge in [-0.2, -0.15) is 26.3 Å². The Morgan fingerprint density at radius 1 is 0.368 bits per heavy atom. The molecule has 0 radical (unpaired) electrons. The Morgan fingerprint density at radius 3 is 1.00 bits per heavy atom. The van der Waals surface area contributed by atoms with Crippen LogP contribution in [0.1, 0.15) is 34.2 Å². The number of amides is 10. The molecule has 0 saturated heterocycles. The first-order chi connectivity index (χ1) is 53.8. The molecule has 114 heavy (non-hydrogen) atoms. The van der Waals surface area contributed by atoms with Gasteiger partial charge in [0.25, 0.3) is 0 Å². The van der Waals surface area contributed by atoms with Crippen molar-refractivity contribution in [2.75, 3.05) is 72.1 Å². The van der Waals surface area contributed by atoms with Gasteiger partial charge in [0.15, 0.2) is 0 Å². The molecule has 0 bridgehead atoms. The second kappa shape index (κ2) is 43.1. The van der Waals surface area contributed by atoms with E-state index in [1.165, 1.54) is 109 Å².